The lowest BCUT2D eigenvalue weighted by molar-refractivity contribution is 0.102. The summed E-state index contributed by atoms with van der Waals surface area (Å²) in [6.07, 6.45) is 10.5. The summed E-state index contributed by atoms with van der Waals surface area (Å²) >= 11 is 1.62. The number of nitrogens with one attached hydrogen (secondary N) is 1. The van der Waals surface area contributed by atoms with Gasteiger partial charge < -0.3 is 14.6 Å². The number of hydrogen-bond acceptors (Lipinski definition) is 6. The second-order valence-electron chi connectivity index (χ2n) is 8.30. The van der Waals surface area contributed by atoms with Crippen LogP contribution in [0.25, 0.3) is 6.08 Å². The molecule has 34 heavy (non-hydrogen) atoms. The van der Waals surface area contributed by atoms with Gasteiger partial charge in [-0.25, -0.2) is 9.59 Å². The first kappa shape index (κ1) is 27.1. The highest BCUT2D eigenvalue weighted by Crippen LogP contribution is 2.27. The third-order valence-corrected chi connectivity index (χ3v) is 6.52. The molecule has 184 valence electrons. The number of Topliss-reactive ketones (excluding diaryl/α,β-unsaturated/α-hetero) is 1. The van der Waals surface area contributed by atoms with Gasteiger partial charge in [0.25, 0.3) is 0 Å². The molecule has 0 saturated heterocycles. The van der Waals surface area contributed by atoms with Gasteiger partial charge in [-0.1, -0.05) is 39.2 Å². The number of hydrogen-bond donors (Lipinski definition) is 3. The summed E-state index contributed by atoms with van der Waals surface area (Å²) in [5, 5.41) is 21.1. The third-order valence-electron chi connectivity index (χ3n) is 5.43. The molecular formula is C26H33NO6S. The molecule has 0 spiro atoms. The number of allylic oxidation sites excluding steroid dienone is 2. The number of rotatable bonds is 13. The Hall–Kier alpha value is -3.13. The van der Waals surface area contributed by atoms with Crippen LogP contribution in [0.4, 0.5) is 4.79 Å². The van der Waals surface area contributed by atoms with E-state index in [0.29, 0.717) is 18.4 Å². The predicted octanol–water partition coefficient (Wildman–Crippen LogP) is 6.48. The van der Waals surface area contributed by atoms with E-state index < -0.39 is 23.3 Å². The molecule has 8 heteroatoms. The molecule has 2 heterocycles. The van der Waals surface area contributed by atoms with E-state index in [-0.39, 0.29) is 17.2 Å². The number of ketones is 1. The Morgan fingerprint density at radius 3 is 2.68 bits per heavy atom. The van der Waals surface area contributed by atoms with E-state index in [9.17, 15) is 19.5 Å². The second kappa shape index (κ2) is 13.5. The van der Waals surface area contributed by atoms with E-state index in [0.717, 1.165) is 17.7 Å². The number of carboxylic acid groups (broad SMARTS) is 1. The summed E-state index contributed by atoms with van der Waals surface area (Å²) in [6, 6.07) is 5.34. The minimum absolute atomic E-state index is 0.212. The van der Waals surface area contributed by atoms with Crippen molar-refractivity contribution in [1.29, 1.82) is 0 Å². The summed E-state index contributed by atoms with van der Waals surface area (Å²) < 4.78 is 5.34. The summed E-state index contributed by atoms with van der Waals surface area (Å²) in [5.41, 5.74) is -0.893. The smallest absolute Gasteiger partial charge is 0.408 e. The molecule has 1 atom stereocenters. The molecule has 1 amide bonds. The van der Waals surface area contributed by atoms with Gasteiger partial charge in [-0.15, -0.1) is 11.3 Å². The monoisotopic (exact) mass is 487 g/mol. The Kier molecular flexibility index (Phi) is 10.8. The van der Waals surface area contributed by atoms with Gasteiger partial charge in [0.05, 0.1) is 0 Å². The zero-order valence-electron chi connectivity index (χ0n) is 19.9. The zero-order chi connectivity index (χ0) is 25.1. The Balaban J connectivity index is 2.06. The van der Waals surface area contributed by atoms with Crippen LogP contribution in [0.15, 0.2) is 45.3 Å². The van der Waals surface area contributed by atoms with Crippen molar-refractivity contribution in [2.24, 2.45) is 0 Å². The normalized spacial score (nSPS) is 12.7. The van der Waals surface area contributed by atoms with Crippen molar-refractivity contribution in [2.45, 2.75) is 71.6 Å². The highest BCUT2D eigenvalue weighted by Gasteiger charge is 2.22. The first-order valence-electron chi connectivity index (χ1n) is 11.6. The second-order valence-corrected chi connectivity index (χ2v) is 9.50. The number of carbonyl (C=O) groups excluding carboxylic acids is 1. The van der Waals surface area contributed by atoms with Crippen LogP contribution in [0.3, 0.4) is 0 Å². The van der Waals surface area contributed by atoms with E-state index in [1.165, 1.54) is 36.4 Å². The first-order valence-corrected chi connectivity index (χ1v) is 12.4. The van der Waals surface area contributed by atoms with Crippen LogP contribution >= 0.6 is 11.3 Å². The molecule has 1 unspecified atom stereocenters. The molecule has 2 rings (SSSR count). The van der Waals surface area contributed by atoms with Gasteiger partial charge in [-0.3, -0.25) is 10.1 Å². The Bertz CT molecular complexity index is 1090. The number of aromatic hydroxyl groups is 1. The maximum Gasteiger partial charge on any atom is 0.408 e. The average molecular weight is 488 g/mol. The largest absolute Gasteiger partial charge is 0.507 e. The van der Waals surface area contributed by atoms with Crippen molar-refractivity contribution < 1.29 is 24.2 Å². The van der Waals surface area contributed by atoms with E-state index in [1.54, 1.807) is 30.4 Å². The van der Waals surface area contributed by atoms with Crippen LogP contribution in [0, 0.1) is 0 Å². The Labute approximate surface area is 203 Å². The van der Waals surface area contributed by atoms with E-state index in [1.807, 2.05) is 13.0 Å². The van der Waals surface area contributed by atoms with Crippen molar-refractivity contribution in [1.82, 2.24) is 5.32 Å². The molecule has 0 aromatic carbocycles. The number of thiophene rings is 1. The molecule has 0 bridgehead atoms. The SMILES string of the molecule is CCCCCCc1ccc(/C=C(\C)C(=O)c2c(O)cc(C(C)CC/C=C/NC(=O)O)oc2=O)s1. The van der Waals surface area contributed by atoms with Crippen molar-refractivity contribution in [3.63, 3.8) is 0 Å². The van der Waals surface area contributed by atoms with Crippen LogP contribution in [-0.2, 0) is 6.42 Å². The van der Waals surface area contributed by atoms with Crippen LogP contribution in [-0.4, -0.2) is 22.1 Å². The number of carbonyl (C=O) groups is 2. The predicted molar refractivity (Wildman–Crippen MR) is 135 cm³/mol. The Morgan fingerprint density at radius 2 is 2.00 bits per heavy atom. The molecule has 0 aliphatic rings. The summed E-state index contributed by atoms with van der Waals surface area (Å²) in [4.78, 5) is 38.0. The highest BCUT2D eigenvalue weighted by molar-refractivity contribution is 7.12. The average Bonchev–Trinajstić information content (AvgIpc) is 3.22. The molecule has 0 radical (unpaired) electrons. The fourth-order valence-corrected chi connectivity index (χ4v) is 4.52. The molecule has 2 aromatic heterocycles. The lowest BCUT2D eigenvalue weighted by Crippen LogP contribution is -2.16. The molecule has 0 aliphatic carbocycles. The molecule has 2 aromatic rings. The fourth-order valence-electron chi connectivity index (χ4n) is 3.46. The van der Waals surface area contributed by atoms with E-state index in [2.05, 4.69) is 18.3 Å². The topological polar surface area (TPSA) is 117 Å². The zero-order valence-corrected chi connectivity index (χ0v) is 20.7. The molecule has 0 aliphatic heterocycles. The van der Waals surface area contributed by atoms with E-state index >= 15 is 0 Å². The van der Waals surface area contributed by atoms with Crippen molar-refractivity contribution in [3.05, 3.63) is 67.5 Å². The molecule has 7 nitrogen and oxygen atoms in total. The minimum Gasteiger partial charge on any atom is -0.507 e. The Morgan fingerprint density at radius 1 is 1.24 bits per heavy atom. The number of unbranched alkanes of at least 4 members (excludes halogenated alkanes) is 3. The van der Waals surface area contributed by atoms with Crippen LogP contribution in [0.2, 0.25) is 0 Å². The molecule has 0 saturated carbocycles. The van der Waals surface area contributed by atoms with E-state index in [4.69, 9.17) is 9.52 Å². The fraction of sp³-hybridized carbons (Fsp3) is 0.423. The minimum atomic E-state index is -1.15. The van der Waals surface area contributed by atoms with Gasteiger partial charge >= 0.3 is 11.7 Å². The van der Waals surface area contributed by atoms with Gasteiger partial charge in [0, 0.05) is 27.9 Å². The van der Waals surface area contributed by atoms with Crippen LogP contribution in [0.5, 0.6) is 5.75 Å². The van der Waals surface area contributed by atoms with Gasteiger partial charge in [0.2, 0.25) is 0 Å². The molecule has 0 fully saturated rings. The number of aryl methyl sites for hydroxylation is 1. The van der Waals surface area contributed by atoms with Gasteiger partial charge in [0.15, 0.2) is 5.78 Å². The number of amides is 1. The summed E-state index contributed by atoms with van der Waals surface area (Å²) in [7, 11) is 0. The molecule has 3 N–H and O–H groups in total. The standard InChI is InChI=1S/C26H33NO6S/c1-4-5-6-7-11-19-12-13-20(34-19)15-18(3)24(29)23-21(28)16-22(33-25(23)30)17(2)10-8-9-14-27-26(31)32/h9,12-17,27-28H,4-8,10-11H2,1-3H3,(H,31,32)/b14-9+,18-15+. The van der Waals surface area contributed by atoms with Crippen LogP contribution < -0.4 is 10.9 Å². The van der Waals surface area contributed by atoms with Gasteiger partial charge in [-0.05, 0) is 56.4 Å². The van der Waals surface area contributed by atoms with Crippen molar-refractivity contribution in [3.8, 4) is 5.75 Å². The maximum absolute atomic E-state index is 12.9. The van der Waals surface area contributed by atoms with Gasteiger partial charge in [0.1, 0.15) is 17.1 Å². The summed E-state index contributed by atoms with van der Waals surface area (Å²) in [5.74, 6) is -0.908. The maximum atomic E-state index is 12.9. The van der Waals surface area contributed by atoms with Crippen molar-refractivity contribution in [2.75, 3.05) is 0 Å². The lowest BCUT2D eigenvalue weighted by Gasteiger charge is -2.11. The van der Waals surface area contributed by atoms with Crippen molar-refractivity contribution >= 4 is 29.3 Å². The quantitative estimate of drug-likeness (QED) is 0.169. The van der Waals surface area contributed by atoms with Crippen LogP contribution in [0.1, 0.15) is 91.1 Å². The molecular weight excluding hydrogens is 454 g/mol. The lowest BCUT2D eigenvalue weighted by atomic mass is 10.00. The third kappa shape index (κ3) is 8.33. The highest BCUT2D eigenvalue weighted by atomic mass is 32.1. The first-order chi connectivity index (χ1) is 16.2. The van der Waals surface area contributed by atoms with Gasteiger partial charge in [-0.2, -0.15) is 0 Å². The summed E-state index contributed by atoms with van der Waals surface area (Å²) in [6.45, 7) is 5.62.